The number of rotatable bonds is 9. The number of nitrogens with one attached hydrogen (secondary N) is 1. The van der Waals surface area contributed by atoms with Crippen LogP contribution in [0.3, 0.4) is 0 Å². The highest BCUT2D eigenvalue weighted by Crippen LogP contribution is 2.21. The number of carboxylic acid groups (broad SMARTS) is 1. The highest BCUT2D eigenvalue weighted by atomic mass is 32.2. The predicted octanol–water partition coefficient (Wildman–Crippen LogP) is 2.17. The molecule has 1 atom stereocenters. The minimum absolute atomic E-state index is 0.0502. The van der Waals surface area contributed by atoms with Gasteiger partial charge in [0.05, 0.1) is 4.90 Å². The second-order valence-electron chi connectivity index (χ2n) is 5.74. The third kappa shape index (κ3) is 5.15. The molecule has 0 aliphatic rings. The molecular formula is C18H26N2O5S. The fourth-order valence-electron chi connectivity index (χ4n) is 2.46. The molecule has 0 saturated heterocycles. The van der Waals surface area contributed by atoms with E-state index in [1.165, 1.54) is 16.4 Å². The van der Waals surface area contributed by atoms with Crippen molar-refractivity contribution in [1.29, 1.82) is 0 Å². The van der Waals surface area contributed by atoms with Crippen molar-refractivity contribution in [3.8, 4) is 0 Å². The minimum Gasteiger partial charge on any atom is -0.480 e. The Kier molecular flexibility index (Phi) is 7.98. The predicted molar refractivity (Wildman–Crippen MR) is 99.6 cm³/mol. The van der Waals surface area contributed by atoms with Crippen LogP contribution in [0.15, 0.2) is 35.2 Å². The van der Waals surface area contributed by atoms with Gasteiger partial charge in [0.25, 0.3) is 5.91 Å². The highest BCUT2D eigenvalue weighted by molar-refractivity contribution is 7.89. The van der Waals surface area contributed by atoms with Crippen LogP contribution in [-0.4, -0.2) is 48.8 Å². The van der Waals surface area contributed by atoms with Crippen molar-refractivity contribution in [3.05, 3.63) is 41.5 Å². The number of carbonyl (C=O) groups excluding carboxylic acids is 1. The monoisotopic (exact) mass is 382 g/mol. The lowest BCUT2D eigenvalue weighted by Gasteiger charge is -2.20. The number of benzene rings is 1. The van der Waals surface area contributed by atoms with Crippen molar-refractivity contribution < 1.29 is 23.1 Å². The summed E-state index contributed by atoms with van der Waals surface area (Å²) in [6.07, 6.45) is 3.49. The molecule has 1 unspecified atom stereocenters. The van der Waals surface area contributed by atoms with Crippen LogP contribution in [-0.2, 0) is 14.8 Å². The normalized spacial score (nSPS) is 13.1. The first kappa shape index (κ1) is 21.9. The molecule has 0 saturated carbocycles. The van der Waals surface area contributed by atoms with Crippen molar-refractivity contribution in [2.24, 2.45) is 0 Å². The molecule has 0 radical (unpaired) electrons. The number of nitrogens with zero attached hydrogens (tertiary/aromatic N) is 1. The lowest BCUT2D eigenvalue weighted by molar-refractivity contribution is -0.139. The van der Waals surface area contributed by atoms with Crippen LogP contribution in [0.4, 0.5) is 0 Å². The molecule has 2 N–H and O–H groups in total. The van der Waals surface area contributed by atoms with Gasteiger partial charge in [0.15, 0.2) is 0 Å². The zero-order valence-corrected chi connectivity index (χ0v) is 16.3. The molecule has 0 heterocycles. The van der Waals surface area contributed by atoms with Crippen molar-refractivity contribution >= 4 is 21.9 Å². The molecule has 0 fully saturated rings. The SMILES string of the molecule is C/C=C/CC(NC(=O)c1ccc(C)c(S(=O)(=O)N(CC)CC)c1)C(=O)O. The van der Waals surface area contributed by atoms with Gasteiger partial charge in [-0.15, -0.1) is 0 Å². The summed E-state index contributed by atoms with van der Waals surface area (Å²) in [4.78, 5) is 23.7. The van der Waals surface area contributed by atoms with Crippen LogP contribution in [0.5, 0.6) is 0 Å². The molecule has 1 aromatic rings. The van der Waals surface area contributed by atoms with E-state index in [0.717, 1.165) is 0 Å². The van der Waals surface area contributed by atoms with Gasteiger partial charge in [0.1, 0.15) is 6.04 Å². The standard InChI is InChI=1S/C18H26N2O5S/c1-5-8-9-15(18(22)23)19-17(21)14-11-10-13(4)16(12-14)26(24,25)20(6-2)7-3/h5,8,10-12,15H,6-7,9H2,1-4H3,(H,19,21)(H,22,23)/b8-5+. The third-order valence-electron chi connectivity index (χ3n) is 3.98. The molecule has 0 spiro atoms. The van der Waals surface area contributed by atoms with Gasteiger partial charge in [0.2, 0.25) is 10.0 Å². The van der Waals surface area contributed by atoms with Gasteiger partial charge in [-0.05, 0) is 38.0 Å². The van der Waals surface area contributed by atoms with Gasteiger partial charge in [-0.25, -0.2) is 13.2 Å². The Morgan fingerprint density at radius 1 is 1.27 bits per heavy atom. The molecular weight excluding hydrogens is 356 g/mol. The summed E-state index contributed by atoms with van der Waals surface area (Å²) in [5, 5.41) is 11.6. The van der Waals surface area contributed by atoms with E-state index >= 15 is 0 Å². The second kappa shape index (κ2) is 9.49. The Morgan fingerprint density at radius 3 is 2.38 bits per heavy atom. The van der Waals surface area contributed by atoms with E-state index in [9.17, 15) is 23.1 Å². The fraction of sp³-hybridized carbons (Fsp3) is 0.444. The van der Waals surface area contributed by atoms with Gasteiger partial charge >= 0.3 is 5.97 Å². The maximum absolute atomic E-state index is 12.8. The number of sulfonamides is 1. The lowest BCUT2D eigenvalue weighted by atomic mass is 10.1. The molecule has 8 heteroatoms. The molecule has 26 heavy (non-hydrogen) atoms. The van der Waals surface area contributed by atoms with E-state index in [1.54, 1.807) is 45.9 Å². The van der Waals surface area contributed by atoms with E-state index in [1.807, 2.05) is 0 Å². The molecule has 1 aromatic carbocycles. The molecule has 144 valence electrons. The average Bonchev–Trinajstić information content (AvgIpc) is 2.59. The fourth-order valence-corrected chi connectivity index (χ4v) is 4.17. The molecule has 1 rings (SSSR count). The van der Waals surface area contributed by atoms with E-state index in [0.29, 0.717) is 18.7 Å². The van der Waals surface area contributed by atoms with Crippen LogP contribution >= 0.6 is 0 Å². The van der Waals surface area contributed by atoms with Crippen LogP contribution in [0.25, 0.3) is 0 Å². The van der Waals surface area contributed by atoms with Crippen LogP contribution in [0.1, 0.15) is 43.1 Å². The summed E-state index contributed by atoms with van der Waals surface area (Å²) >= 11 is 0. The van der Waals surface area contributed by atoms with Crippen molar-refractivity contribution in [2.75, 3.05) is 13.1 Å². The Balaban J connectivity index is 3.20. The Morgan fingerprint density at radius 2 is 1.88 bits per heavy atom. The summed E-state index contributed by atoms with van der Waals surface area (Å²) < 4.78 is 26.8. The van der Waals surface area contributed by atoms with Crippen molar-refractivity contribution in [1.82, 2.24) is 9.62 Å². The van der Waals surface area contributed by atoms with Crippen molar-refractivity contribution in [2.45, 2.75) is 45.1 Å². The van der Waals surface area contributed by atoms with E-state index in [4.69, 9.17) is 0 Å². The number of aliphatic carboxylic acids is 1. The number of hydrogen-bond donors (Lipinski definition) is 2. The third-order valence-corrected chi connectivity index (χ3v) is 6.18. The maximum Gasteiger partial charge on any atom is 0.326 e. The van der Waals surface area contributed by atoms with E-state index in [-0.39, 0.29) is 16.9 Å². The topological polar surface area (TPSA) is 104 Å². The first-order valence-corrected chi connectivity index (χ1v) is 9.88. The molecule has 1 amide bonds. The summed E-state index contributed by atoms with van der Waals surface area (Å²) in [5.41, 5.74) is 0.630. The number of carboxylic acids is 1. The Bertz CT molecular complexity index is 783. The smallest absolute Gasteiger partial charge is 0.326 e. The zero-order valence-electron chi connectivity index (χ0n) is 15.5. The van der Waals surface area contributed by atoms with Gasteiger partial charge in [0, 0.05) is 18.7 Å². The molecule has 0 bridgehead atoms. The minimum atomic E-state index is -3.72. The van der Waals surface area contributed by atoms with Crippen LogP contribution < -0.4 is 5.32 Å². The van der Waals surface area contributed by atoms with Crippen molar-refractivity contribution in [3.63, 3.8) is 0 Å². The molecule has 0 aliphatic carbocycles. The maximum atomic E-state index is 12.8. The van der Waals surface area contributed by atoms with Crippen LogP contribution in [0, 0.1) is 6.92 Å². The Labute approximate surface area is 154 Å². The highest BCUT2D eigenvalue weighted by Gasteiger charge is 2.25. The second-order valence-corrected chi connectivity index (χ2v) is 7.64. The molecule has 0 aliphatic heterocycles. The number of carbonyl (C=O) groups is 2. The van der Waals surface area contributed by atoms with Gasteiger partial charge < -0.3 is 10.4 Å². The number of amides is 1. The van der Waals surface area contributed by atoms with Gasteiger partial charge in [-0.3, -0.25) is 4.79 Å². The van der Waals surface area contributed by atoms with Gasteiger partial charge in [-0.1, -0.05) is 32.1 Å². The summed E-state index contributed by atoms with van der Waals surface area (Å²) in [6, 6.07) is 3.25. The average molecular weight is 382 g/mol. The first-order chi connectivity index (χ1) is 12.2. The number of hydrogen-bond acceptors (Lipinski definition) is 4. The van der Waals surface area contributed by atoms with E-state index < -0.39 is 27.9 Å². The Hall–Kier alpha value is -2.19. The quantitative estimate of drug-likeness (QED) is 0.637. The molecule has 0 aromatic heterocycles. The summed E-state index contributed by atoms with van der Waals surface area (Å²) in [5.74, 6) is -1.78. The summed E-state index contributed by atoms with van der Waals surface area (Å²) in [7, 11) is -3.72. The zero-order chi connectivity index (χ0) is 19.9. The number of aryl methyl sites for hydroxylation is 1. The first-order valence-electron chi connectivity index (χ1n) is 8.44. The largest absolute Gasteiger partial charge is 0.480 e. The molecule has 7 nitrogen and oxygen atoms in total. The summed E-state index contributed by atoms with van der Waals surface area (Å²) in [6.45, 7) is 7.53. The lowest BCUT2D eigenvalue weighted by Crippen LogP contribution is -2.40. The van der Waals surface area contributed by atoms with Gasteiger partial charge in [-0.2, -0.15) is 4.31 Å². The van der Waals surface area contributed by atoms with Crippen LogP contribution in [0.2, 0.25) is 0 Å². The van der Waals surface area contributed by atoms with E-state index in [2.05, 4.69) is 5.32 Å². The number of allylic oxidation sites excluding steroid dienone is 1.